The molecule has 1 aliphatic heterocycles. The summed E-state index contributed by atoms with van der Waals surface area (Å²) in [5, 5.41) is 5.52. The molecule has 1 fully saturated rings. The average molecular weight is 339 g/mol. The lowest BCUT2D eigenvalue weighted by Crippen LogP contribution is -2.50. The highest BCUT2D eigenvalue weighted by molar-refractivity contribution is 5.97. The molecule has 1 aromatic heterocycles. The maximum absolute atomic E-state index is 12.3. The van der Waals surface area contributed by atoms with Crippen LogP contribution in [0.25, 0.3) is 0 Å². The number of hydrogen-bond acceptors (Lipinski definition) is 4. The summed E-state index contributed by atoms with van der Waals surface area (Å²) in [6.45, 7) is 0.671. The number of nitrogens with zero attached hydrogens (tertiary/aromatic N) is 1. The summed E-state index contributed by atoms with van der Waals surface area (Å²) < 4.78 is 5.34. The van der Waals surface area contributed by atoms with Crippen LogP contribution in [-0.2, 0) is 11.2 Å². The number of methoxy groups -OCH3 is 1. The molecular formula is C19H21N3O3. The van der Waals surface area contributed by atoms with Gasteiger partial charge < -0.3 is 15.4 Å². The molecule has 6 heteroatoms. The summed E-state index contributed by atoms with van der Waals surface area (Å²) in [5.41, 5.74) is 2.33. The number of para-hydroxylation sites is 1. The number of aromatic nitrogens is 1. The molecule has 2 heterocycles. The zero-order chi connectivity index (χ0) is 17.6. The van der Waals surface area contributed by atoms with Crippen molar-refractivity contribution in [3.63, 3.8) is 0 Å². The second kappa shape index (κ2) is 7.79. The lowest BCUT2D eigenvalue weighted by molar-refractivity contribution is -0.124. The van der Waals surface area contributed by atoms with Crippen molar-refractivity contribution in [1.29, 1.82) is 0 Å². The van der Waals surface area contributed by atoms with Crippen LogP contribution in [0, 0.1) is 0 Å². The van der Waals surface area contributed by atoms with Gasteiger partial charge in [-0.15, -0.1) is 0 Å². The van der Waals surface area contributed by atoms with Crippen molar-refractivity contribution in [2.24, 2.45) is 0 Å². The topological polar surface area (TPSA) is 80.3 Å². The normalized spacial score (nSPS) is 16.8. The molecule has 0 radical (unpaired) electrons. The molecule has 2 aromatic rings. The summed E-state index contributed by atoms with van der Waals surface area (Å²) in [5.74, 6) is 0.410. The predicted octanol–water partition coefficient (Wildman–Crippen LogP) is 1.69. The standard InChI is InChI=1S/C19H21N3O3/c1-25-17-7-3-2-5-13(17)11-15-9-8-14(12-21-15)18(23)22-16-6-4-10-20-19(16)24/h2-3,5,7-9,12,16H,4,6,10-11H2,1H3,(H,20,24)(H,22,23). The minimum atomic E-state index is -0.463. The van der Waals surface area contributed by atoms with Crippen molar-refractivity contribution in [2.75, 3.05) is 13.7 Å². The number of nitrogens with one attached hydrogen (secondary N) is 2. The summed E-state index contributed by atoms with van der Waals surface area (Å²) in [6, 6.07) is 10.9. The average Bonchev–Trinajstić information content (AvgIpc) is 2.64. The van der Waals surface area contributed by atoms with Crippen molar-refractivity contribution < 1.29 is 14.3 Å². The maximum atomic E-state index is 12.3. The zero-order valence-electron chi connectivity index (χ0n) is 14.1. The Balaban J connectivity index is 1.65. The molecule has 130 valence electrons. The smallest absolute Gasteiger partial charge is 0.253 e. The quantitative estimate of drug-likeness (QED) is 0.869. The van der Waals surface area contributed by atoms with Gasteiger partial charge in [0.2, 0.25) is 5.91 Å². The molecule has 0 aliphatic carbocycles. The Bertz CT molecular complexity index is 759. The van der Waals surface area contributed by atoms with E-state index in [1.54, 1.807) is 19.4 Å². The van der Waals surface area contributed by atoms with Gasteiger partial charge in [-0.3, -0.25) is 14.6 Å². The van der Waals surface area contributed by atoms with E-state index in [9.17, 15) is 9.59 Å². The van der Waals surface area contributed by atoms with Crippen LogP contribution in [0.4, 0.5) is 0 Å². The van der Waals surface area contributed by atoms with Gasteiger partial charge in [-0.25, -0.2) is 0 Å². The van der Waals surface area contributed by atoms with E-state index >= 15 is 0 Å². The van der Waals surface area contributed by atoms with Crippen LogP contribution in [0.5, 0.6) is 5.75 Å². The zero-order valence-corrected chi connectivity index (χ0v) is 14.1. The summed E-state index contributed by atoms with van der Waals surface area (Å²) in [6.07, 6.45) is 3.70. The lowest BCUT2D eigenvalue weighted by atomic mass is 10.1. The Labute approximate surface area is 146 Å². The number of pyridine rings is 1. The van der Waals surface area contributed by atoms with E-state index in [0.29, 0.717) is 24.9 Å². The monoisotopic (exact) mass is 339 g/mol. The molecule has 25 heavy (non-hydrogen) atoms. The number of carbonyl (C=O) groups is 2. The van der Waals surface area contributed by atoms with E-state index in [2.05, 4.69) is 15.6 Å². The van der Waals surface area contributed by atoms with Crippen LogP contribution in [0.15, 0.2) is 42.6 Å². The molecule has 2 N–H and O–H groups in total. The van der Waals surface area contributed by atoms with Crippen molar-refractivity contribution in [3.05, 3.63) is 59.4 Å². The van der Waals surface area contributed by atoms with Crippen LogP contribution >= 0.6 is 0 Å². The first-order valence-electron chi connectivity index (χ1n) is 8.33. The number of rotatable bonds is 5. The fourth-order valence-electron chi connectivity index (χ4n) is 2.86. The van der Waals surface area contributed by atoms with Crippen LogP contribution < -0.4 is 15.4 Å². The van der Waals surface area contributed by atoms with E-state index in [0.717, 1.165) is 23.4 Å². The van der Waals surface area contributed by atoms with Gasteiger partial charge in [0, 0.05) is 30.4 Å². The summed E-state index contributed by atoms with van der Waals surface area (Å²) in [4.78, 5) is 28.4. The van der Waals surface area contributed by atoms with Crippen molar-refractivity contribution in [2.45, 2.75) is 25.3 Å². The molecule has 0 spiro atoms. The van der Waals surface area contributed by atoms with Crippen LogP contribution in [0.3, 0.4) is 0 Å². The highest BCUT2D eigenvalue weighted by Gasteiger charge is 2.24. The summed E-state index contributed by atoms with van der Waals surface area (Å²) in [7, 11) is 1.64. The third-order valence-corrected chi connectivity index (χ3v) is 4.24. The second-order valence-electron chi connectivity index (χ2n) is 5.99. The third kappa shape index (κ3) is 4.15. The number of ether oxygens (including phenoxy) is 1. The van der Waals surface area contributed by atoms with Gasteiger partial charge >= 0.3 is 0 Å². The van der Waals surface area contributed by atoms with Crippen molar-refractivity contribution in [3.8, 4) is 5.75 Å². The molecule has 6 nitrogen and oxygen atoms in total. The molecule has 1 aliphatic rings. The Morgan fingerprint density at radius 2 is 2.16 bits per heavy atom. The molecule has 2 amide bonds. The number of hydrogen-bond donors (Lipinski definition) is 2. The second-order valence-corrected chi connectivity index (χ2v) is 5.99. The molecule has 3 rings (SSSR count). The first-order valence-corrected chi connectivity index (χ1v) is 8.33. The number of carbonyl (C=O) groups excluding carboxylic acids is 2. The number of benzene rings is 1. The Morgan fingerprint density at radius 1 is 1.32 bits per heavy atom. The van der Waals surface area contributed by atoms with Crippen LogP contribution in [0.2, 0.25) is 0 Å². The lowest BCUT2D eigenvalue weighted by Gasteiger charge is -2.22. The highest BCUT2D eigenvalue weighted by Crippen LogP contribution is 2.20. The van der Waals surface area contributed by atoms with E-state index in [1.807, 2.05) is 30.3 Å². The Hall–Kier alpha value is -2.89. The largest absolute Gasteiger partial charge is 0.496 e. The third-order valence-electron chi connectivity index (χ3n) is 4.24. The van der Waals surface area contributed by atoms with E-state index in [-0.39, 0.29) is 11.8 Å². The number of amides is 2. The first-order chi connectivity index (χ1) is 12.2. The summed E-state index contributed by atoms with van der Waals surface area (Å²) >= 11 is 0. The van der Waals surface area contributed by atoms with E-state index in [1.165, 1.54) is 0 Å². The van der Waals surface area contributed by atoms with Gasteiger partial charge in [-0.05, 0) is 31.0 Å². The molecule has 1 unspecified atom stereocenters. The first kappa shape index (κ1) is 17.0. The molecule has 0 saturated carbocycles. The molecule has 1 atom stereocenters. The van der Waals surface area contributed by atoms with Crippen LogP contribution in [-0.4, -0.2) is 36.5 Å². The minimum Gasteiger partial charge on any atom is -0.496 e. The molecular weight excluding hydrogens is 318 g/mol. The van der Waals surface area contributed by atoms with Crippen molar-refractivity contribution in [1.82, 2.24) is 15.6 Å². The van der Waals surface area contributed by atoms with E-state index in [4.69, 9.17) is 4.74 Å². The molecule has 0 bridgehead atoms. The van der Waals surface area contributed by atoms with Gasteiger partial charge in [0.05, 0.1) is 12.7 Å². The number of piperidine rings is 1. The van der Waals surface area contributed by atoms with Gasteiger partial charge in [0.1, 0.15) is 11.8 Å². The van der Waals surface area contributed by atoms with E-state index < -0.39 is 6.04 Å². The van der Waals surface area contributed by atoms with Gasteiger partial charge in [0.15, 0.2) is 0 Å². The van der Waals surface area contributed by atoms with Crippen molar-refractivity contribution >= 4 is 11.8 Å². The SMILES string of the molecule is COc1ccccc1Cc1ccc(C(=O)NC2CCCNC2=O)cn1. The fraction of sp³-hybridized carbons (Fsp3) is 0.316. The fourth-order valence-corrected chi connectivity index (χ4v) is 2.86. The maximum Gasteiger partial charge on any atom is 0.253 e. The molecule has 1 aromatic carbocycles. The molecule has 1 saturated heterocycles. The van der Waals surface area contributed by atoms with Crippen LogP contribution in [0.1, 0.15) is 34.5 Å². The highest BCUT2D eigenvalue weighted by atomic mass is 16.5. The Morgan fingerprint density at radius 3 is 2.88 bits per heavy atom. The predicted molar refractivity (Wildman–Crippen MR) is 93.5 cm³/mol. The van der Waals surface area contributed by atoms with Gasteiger partial charge in [-0.1, -0.05) is 18.2 Å². The Kier molecular flexibility index (Phi) is 5.28. The van der Waals surface area contributed by atoms with Gasteiger partial charge in [-0.2, -0.15) is 0 Å². The van der Waals surface area contributed by atoms with Gasteiger partial charge in [0.25, 0.3) is 5.91 Å². The minimum absolute atomic E-state index is 0.125.